The molecule has 1 aromatic rings. The lowest BCUT2D eigenvalue weighted by Crippen LogP contribution is -2.27. The molecule has 0 bridgehead atoms. The summed E-state index contributed by atoms with van der Waals surface area (Å²) in [5.74, 6) is 1.65. The van der Waals surface area contributed by atoms with Gasteiger partial charge in [0, 0.05) is 10.8 Å². The average molecular weight is 324 g/mol. The lowest BCUT2D eigenvalue weighted by Gasteiger charge is -2.26. The predicted molar refractivity (Wildman–Crippen MR) is 87.5 cm³/mol. The Balaban J connectivity index is 1.85. The van der Waals surface area contributed by atoms with Crippen LogP contribution in [0.4, 0.5) is 0 Å². The van der Waals surface area contributed by atoms with E-state index in [1.807, 2.05) is 23.9 Å². The number of sulfonamides is 1. The second-order valence-corrected chi connectivity index (χ2v) is 8.71. The molecule has 2 aliphatic rings. The van der Waals surface area contributed by atoms with Crippen molar-refractivity contribution in [1.29, 1.82) is 0 Å². The molecule has 1 aromatic carbocycles. The van der Waals surface area contributed by atoms with Crippen molar-refractivity contribution >= 4 is 27.6 Å². The number of amidine groups is 1. The monoisotopic (exact) mass is 324 g/mol. The van der Waals surface area contributed by atoms with Gasteiger partial charge in [-0.2, -0.15) is 11.8 Å². The zero-order valence-corrected chi connectivity index (χ0v) is 13.7. The van der Waals surface area contributed by atoms with Crippen molar-refractivity contribution in [2.24, 2.45) is 4.99 Å². The number of benzene rings is 1. The number of nitrogens with one attached hydrogen (secondary N) is 1. The molecule has 1 N–H and O–H groups in total. The molecule has 0 amide bonds. The number of hydrogen-bond acceptors (Lipinski definition) is 4. The third-order valence-corrected chi connectivity index (χ3v) is 6.61. The summed E-state index contributed by atoms with van der Waals surface area (Å²) in [6, 6.07) is 7.29. The van der Waals surface area contributed by atoms with Crippen molar-refractivity contribution in [3.05, 3.63) is 29.8 Å². The van der Waals surface area contributed by atoms with E-state index in [4.69, 9.17) is 4.99 Å². The zero-order chi connectivity index (χ0) is 14.9. The van der Waals surface area contributed by atoms with Gasteiger partial charge in [0.2, 0.25) is 0 Å². The first kappa shape index (κ1) is 14.9. The Kier molecular flexibility index (Phi) is 4.26. The van der Waals surface area contributed by atoms with Crippen molar-refractivity contribution in [3.63, 3.8) is 0 Å². The molecular weight excluding hydrogens is 304 g/mol. The lowest BCUT2D eigenvalue weighted by molar-refractivity contribution is 0.453. The smallest absolute Gasteiger partial charge is 0.263 e. The minimum atomic E-state index is -3.42. The van der Waals surface area contributed by atoms with E-state index in [0.717, 1.165) is 18.6 Å². The van der Waals surface area contributed by atoms with Crippen LogP contribution in [0.25, 0.3) is 0 Å². The van der Waals surface area contributed by atoms with Crippen LogP contribution in [0.15, 0.2) is 34.2 Å². The van der Waals surface area contributed by atoms with E-state index >= 15 is 0 Å². The molecule has 1 saturated carbocycles. The molecular formula is C15H20N2O2S2. The van der Waals surface area contributed by atoms with Crippen LogP contribution in [0.3, 0.4) is 0 Å². The van der Waals surface area contributed by atoms with Gasteiger partial charge in [-0.1, -0.05) is 25.5 Å². The van der Waals surface area contributed by atoms with Gasteiger partial charge in [-0.25, -0.2) is 8.42 Å². The molecule has 1 aliphatic carbocycles. The maximum Gasteiger partial charge on any atom is 0.263 e. The highest BCUT2D eigenvalue weighted by atomic mass is 32.2. The highest BCUT2D eigenvalue weighted by Crippen LogP contribution is 2.31. The molecule has 3 rings (SSSR count). The van der Waals surface area contributed by atoms with Crippen LogP contribution < -0.4 is 4.72 Å². The van der Waals surface area contributed by atoms with Gasteiger partial charge in [-0.05, 0) is 37.1 Å². The summed E-state index contributed by atoms with van der Waals surface area (Å²) in [4.78, 5) is 5.06. The van der Waals surface area contributed by atoms with E-state index in [1.54, 1.807) is 12.1 Å². The largest absolute Gasteiger partial charge is 0.264 e. The Morgan fingerprint density at radius 2 is 2.14 bits per heavy atom. The highest BCUT2D eigenvalue weighted by molar-refractivity contribution is 7.99. The normalized spacial score (nSPS) is 29.1. The topological polar surface area (TPSA) is 58.5 Å². The molecule has 1 fully saturated rings. The molecule has 6 heteroatoms. The van der Waals surface area contributed by atoms with Crippen LogP contribution in [-0.4, -0.2) is 31.3 Å². The van der Waals surface area contributed by atoms with Gasteiger partial charge in [-0.15, -0.1) is 0 Å². The van der Waals surface area contributed by atoms with Gasteiger partial charge in [0.1, 0.15) is 5.84 Å². The van der Waals surface area contributed by atoms with E-state index in [2.05, 4.69) is 11.6 Å². The number of aliphatic imine (C=N–C) groups is 1. The average Bonchev–Trinajstić information content (AvgIpc) is 2.72. The quantitative estimate of drug-likeness (QED) is 0.930. The molecule has 0 spiro atoms. The van der Waals surface area contributed by atoms with Gasteiger partial charge in [0.15, 0.2) is 0 Å². The van der Waals surface area contributed by atoms with Gasteiger partial charge in [-0.3, -0.25) is 9.71 Å². The minimum absolute atomic E-state index is 0.228. The molecule has 1 aliphatic heterocycles. The minimum Gasteiger partial charge on any atom is -0.264 e. The van der Waals surface area contributed by atoms with Gasteiger partial charge in [0.05, 0.1) is 10.9 Å². The number of hydrogen-bond donors (Lipinski definition) is 1. The molecule has 0 radical (unpaired) electrons. The Hall–Kier alpha value is -1.01. The van der Waals surface area contributed by atoms with Gasteiger partial charge >= 0.3 is 0 Å². The Morgan fingerprint density at radius 3 is 2.95 bits per heavy atom. The van der Waals surface area contributed by atoms with Crippen LogP contribution in [-0.2, 0) is 10.0 Å². The van der Waals surface area contributed by atoms with Crippen LogP contribution in [0, 0.1) is 0 Å². The molecule has 2 atom stereocenters. The Labute approximate surface area is 130 Å². The van der Waals surface area contributed by atoms with Crippen molar-refractivity contribution in [2.45, 2.75) is 48.8 Å². The summed E-state index contributed by atoms with van der Waals surface area (Å²) in [6.07, 6.45) is 4.52. The molecule has 114 valence electrons. The standard InChI is InChI=1S/C15H20N2O2S2/c1-2-20-12-7-5-6-11(10-12)16-15-13-8-3-4-9-14(13)21(18,19)17-15/h3-4,8-9,11-12H,2,5-7,10H2,1H3,(H,16,17). The summed E-state index contributed by atoms with van der Waals surface area (Å²) < 4.78 is 26.8. The summed E-state index contributed by atoms with van der Waals surface area (Å²) in [7, 11) is -3.42. The third-order valence-electron chi connectivity index (χ3n) is 3.98. The van der Waals surface area contributed by atoms with E-state index < -0.39 is 10.0 Å². The first-order valence-corrected chi connectivity index (χ1v) is 9.95. The maximum absolute atomic E-state index is 12.1. The zero-order valence-electron chi connectivity index (χ0n) is 12.1. The van der Waals surface area contributed by atoms with Crippen molar-refractivity contribution in [3.8, 4) is 0 Å². The second-order valence-electron chi connectivity index (χ2n) is 5.48. The summed E-state index contributed by atoms with van der Waals surface area (Å²) >= 11 is 1.99. The SMILES string of the molecule is CCSC1CCCC(N=C2NS(=O)(=O)c3ccccc32)C1. The molecule has 2 unspecified atom stereocenters. The van der Waals surface area contributed by atoms with Crippen molar-refractivity contribution in [1.82, 2.24) is 4.72 Å². The highest BCUT2D eigenvalue weighted by Gasteiger charge is 2.31. The van der Waals surface area contributed by atoms with Crippen molar-refractivity contribution in [2.75, 3.05) is 5.75 Å². The van der Waals surface area contributed by atoms with Crippen LogP contribution in [0.2, 0.25) is 0 Å². The van der Waals surface area contributed by atoms with Crippen molar-refractivity contribution < 1.29 is 8.42 Å². The molecule has 4 nitrogen and oxygen atoms in total. The third kappa shape index (κ3) is 3.11. The van der Waals surface area contributed by atoms with Crippen LogP contribution in [0.1, 0.15) is 38.2 Å². The number of thioether (sulfide) groups is 1. The maximum atomic E-state index is 12.1. The Bertz CT molecular complexity index is 653. The number of nitrogens with zero attached hydrogens (tertiary/aromatic N) is 1. The fourth-order valence-electron chi connectivity index (χ4n) is 3.04. The lowest BCUT2D eigenvalue weighted by atomic mass is 9.95. The van der Waals surface area contributed by atoms with Crippen LogP contribution >= 0.6 is 11.8 Å². The van der Waals surface area contributed by atoms with E-state index in [-0.39, 0.29) is 6.04 Å². The molecule has 1 heterocycles. The first-order chi connectivity index (χ1) is 10.1. The van der Waals surface area contributed by atoms with Gasteiger partial charge < -0.3 is 0 Å². The first-order valence-electron chi connectivity index (χ1n) is 7.42. The Morgan fingerprint density at radius 1 is 1.33 bits per heavy atom. The van der Waals surface area contributed by atoms with E-state index in [1.165, 1.54) is 12.8 Å². The summed E-state index contributed by atoms with van der Waals surface area (Å²) in [5.41, 5.74) is 0.711. The van der Waals surface area contributed by atoms with E-state index in [9.17, 15) is 8.42 Å². The predicted octanol–water partition coefficient (Wildman–Crippen LogP) is 2.79. The molecule has 0 aromatic heterocycles. The molecule has 0 saturated heterocycles. The molecule has 21 heavy (non-hydrogen) atoms. The number of fused-ring (bicyclic) bond motifs is 1. The van der Waals surface area contributed by atoms with Gasteiger partial charge in [0.25, 0.3) is 10.0 Å². The fraction of sp³-hybridized carbons (Fsp3) is 0.533. The summed E-state index contributed by atoms with van der Waals surface area (Å²) in [5, 5.41) is 0.659. The second kappa shape index (κ2) is 6.01. The van der Waals surface area contributed by atoms with E-state index in [0.29, 0.717) is 21.5 Å². The van der Waals surface area contributed by atoms with Crippen LogP contribution in [0.5, 0.6) is 0 Å². The summed E-state index contributed by atoms with van der Waals surface area (Å²) in [6.45, 7) is 2.18. The number of rotatable bonds is 3. The fourth-order valence-corrected chi connectivity index (χ4v) is 5.44.